The lowest BCUT2D eigenvalue weighted by molar-refractivity contribution is 0.592. The van der Waals surface area contributed by atoms with Gasteiger partial charge in [0.1, 0.15) is 6.33 Å². The van der Waals surface area contributed by atoms with E-state index in [1.165, 1.54) is 6.42 Å². The van der Waals surface area contributed by atoms with Gasteiger partial charge >= 0.3 is 0 Å². The molecule has 1 saturated heterocycles. The number of nitrogens with zero attached hydrogens (tertiary/aromatic N) is 3. The van der Waals surface area contributed by atoms with E-state index in [9.17, 15) is 0 Å². The van der Waals surface area contributed by atoms with E-state index in [1.54, 1.807) is 6.33 Å². The van der Waals surface area contributed by atoms with Crippen molar-refractivity contribution in [2.45, 2.75) is 18.9 Å². The first-order chi connectivity index (χ1) is 7.95. The normalized spacial score (nSPS) is 20.1. The summed E-state index contributed by atoms with van der Waals surface area (Å²) in [5, 5.41) is 11.7. The molecule has 1 atom stereocenters. The molecule has 2 heterocycles. The van der Waals surface area contributed by atoms with Crippen molar-refractivity contribution in [3.63, 3.8) is 0 Å². The number of hydrogen-bond acceptors (Lipinski definition) is 3. The van der Waals surface area contributed by atoms with Gasteiger partial charge in [-0.1, -0.05) is 18.2 Å². The Balaban J connectivity index is 1.99. The van der Waals surface area contributed by atoms with Crippen molar-refractivity contribution < 1.29 is 0 Å². The second kappa shape index (κ2) is 4.06. The third-order valence-electron chi connectivity index (χ3n) is 2.98. The van der Waals surface area contributed by atoms with Crippen LogP contribution in [0.1, 0.15) is 24.7 Å². The van der Waals surface area contributed by atoms with Gasteiger partial charge in [0.05, 0.1) is 6.04 Å². The summed E-state index contributed by atoms with van der Waals surface area (Å²) in [5.74, 6) is 1.02. The van der Waals surface area contributed by atoms with Crippen LogP contribution in [-0.4, -0.2) is 21.3 Å². The molecule has 2 aromatic rings. The molecule has 0 radical (unpaired) electrons. The fourth-order valence-electron chi connectivity index (χ4n) is 2.17. The molecular formula is C12H14N4. The minimum atomic E-state index is 0.350. The van der Waals surface area contributed by atoms with Crippen LogP contribution in [0.15, 0.2) is 36.7 Å². The Morgan fingerprint density at radius 2 is 2.12 bits per heavy atom. The van der Waals surface area contributed by atoms with Crippen LogP contribution in [0.3, 0.4) is 0 Å². The fraction of sp³-hybridized carbons (Fsp3) is 0.333. The second-order valence-corrected chi connectivity index (χ2v) is 4.04. The van der Waals surface area contributed by atoms with E-state index >= 15 is 0 Å². The second-order valence-electron chi connectivity index (χ2n) is 4.04. The van der Waals surface area contributed by atoms with E-state index in [1.807, 2.05) is 18.2 Å². The summed E-state index contributed by atoms with van der Waals surface area (Å²) < 4.78 is 2.06. The molecular weight excluding hydrogens is 200 g/mol. The molecule has 0 unspecified atom stereocenters. The summed E-state index contributed by atoms with van der Waals surface area (Å²) in [4.78, 5) is 0. The number of para-hydroxylation sites is 1. The van der Waals surface area contributed by atoms with Gasteiger partial charge in [0, 0.05) is 5.69 Å². The van der Waals surface area contributed by atoms with Crippen LogP contribution in [0.2, 0.25) is 0 Å². The molecule has 0 bridgehead atoms. The number of benzene rings is 1. The maximum absolute atomic E-state index is 4.23. The van der Waals surface area contributed by atoms with Crippen molar-refractivity contribution in [2.24, 2.45) is 0 Å². The van der Waals surface area contributed by atoms with Gasteiger partial charge < -0.3 is 5.32 Å². The maximum atomic E-state index is 4.23. The zero-order valence-electron chi connectivity index (χ0n) is 9.00. The smallest absolute Gasteiger partial charge is 0.154 e. The zero-order valence-corrected chi connectivity index (χ0v) is 9.00. The molecule has 82 valence electrons. The van der Waals surface area contributed by atoms with Gasteiger partial charge in [-0.2, -0.15) is 0 Å². The Kier molecular flexibility index (Phi) is 2.42. The average molecular weight is 214 g/mol. The molecule has 1 N–H and O–H groups in total. The lowest BCUT2D eigenvalue weighted by atomic mass is 10.2. The standard InChI is InChI=1S/C12H14N4/c1-2-5-10(6-3-1)16-9-14-15-12(16)11-7-4-8-13-11/h1-3,5-6,9,11,13H,4,7-8H2/t11-/m1/s1. The molecule has 1 aliphatic rings. The Morgan fingerprint density at radius 1 is 1.25 bits per heavy atom. The summed E-state index contributed by atoms with van der Waals surface area (Å²) in [5.41, 5.74) is 1.12. The minimum Gasteiger partial charge on any atom is -0.307 e. The first-order valence-electron chi connectivity index (χ1n) is 5.64. The summed E-state index contributed by atoms with van der Waals surface area (Å²) in [6.07, 6.45) is 4.14. The molecule has 3 rings (SSSR count). The lowest BCUT2D eigenvalue weighted by Crippen LogP contribution is -2.17. The van der Waals surface area contributed by atoms with Crippen LogP contribution < -0.4 is 5.32 Å². The summed E-state index contributed by atoms with van der Waals surface area (Å²) in [6.45, 7) is 1.08. The Labute approximate surface area is 94.3 Å². The molecule has 4 heteroatoms. The average Bonchev–Trinajstić information content (AvgIpc) is 3.01. The summed E-state index contributed by atoms with van der Waals surface area (Å²) in [7, 11) is 0. The van der Waals surface area contributed by atoms with E-state index in [2.05, 4.69) is 32.2 Å². The van der Waals surface area contributed by atoms with Crippen molar-refractivity contribution in [1.29, 1.82) is 0 Å². The van der Waals surface area contributed by atoms with Crippen LogP contribution in [0.4, 0.5) is 0 Å². The molecule has 1 fully saturated rings. The van der Waals surface area contributed by atoms with Gasteiger partial charge in [0.25, 0.3) is 0 Å². The molecule has 0 saturated carbocycles. The van der Waals surface area contributed by atoms with E-state index in [0.717, 1.165) is 24.5 Å². The van der Waals surface area contributed by atoms with Crippen molar-refractivity contribution >= 4 is 0 Å². The van der Waals surface area contributed by atoms with Crippen molar-refractivity contribution in [2.75, 3.05) is 6.54 Å². The first-order valence-corrected chi connectivity index (χ1v) is 5.64. The molecule has 1 aliphatic heterocycles. The van der Waals surface area contributed by atoms with Gasteiger partial charge in [-0.25, -0.2) is 0 Å². The van der Waals surface area contributed by atoms with Crippen LogP contribution >= 0.6 is 0 Å². The highest BCUT2D eigenvalue weighted by atomic mass is 15.3. The molecule has 0 aliphatic carbocycles. The number of nitrogens with one attached hydrogen (secondary N) is 1. The Morgan fingerprint density at radius 3 is 2.88 bits per heavy atom. The quantitative estimate of drug-likeness (QED) is 0.827. The topological polar surface area (TPSA) is 42.7 Å². The largest absolute Gasteiger partial charge is 0.307 e. The maximum Gasteiger partial charge on any atom is 0.154 e. The summed E-state index contributed by atoms with van der Waals surface area (Å²) >= 11 is 0. The highest BCUT2D eigenvalue weighted by Crippen LogP contribution is 2.22. The van der Waals surface area contributed by atoms with Crippen molar-refractivity contribution in [3.05, 3.63) is 42.5 Å². The molecule has 1 aromatic heterocycles. The van der Waals surface area contributed by atoms with Crippen molar-refractivity contribution in [1.82, 2.24) is 20.1 Å². The van der Waals surface area contributed by atoms with Crippen LogP contribution in [0.5, 0.6) is 0 Å². The summed E-state index contributed by atoms with van der Waals surface area (Å²) in [6, 6.07) is 10.6. The van der Waals surface area contributed by atoms with Crippen LogP contribution in [-0.2, 0) is 0 Å². The predicted molar refractivity (Wildman–Crippen MR) is 61.3 cm³/mol. The minimum absolute atomic E-state index is 0.350. The van der Waals surface area contributed by atoms with Crippen molar-refractivity contribution in [3.8, 4) is 5.69 Å². The van der Waals surface area contributed by atoms with E-state index in [4.69, 9.17) is 0 Å². The molecule has 4 nitrogen and oxygen atoms in total. The Hall–Kier alpha value is -1.68. The van der Waals surface area contributed by atoms with Gasteiger partial charge in [0.2, 0.25) is 0 Å². The molecule has 16 heavy (non-hydrogen) atoms. The molecule has 1 aromatic carbocycles. The van der Waals surface area contributed by atoms with Crippen LogP contribution in [0.25, 0.3) is 5.69 Å². The van der Waals surface area contributed by atoms with E-state index < -0.39 is 0 Å². The van der Waals surface area contributed by atoms with Gasteiger partial charge in [0.15, 0.2) is 5.82 Å². The third-order valence-corrected chi connectivity index (χ3v) is 2.98. The van der Waals surface area contributed by atoms with Gasteiger partial charge in [-0.3, -0.25) is 4.57 Å². The van der Waals surface area contributed by atoms with E-state index in [0.29, 0.717) is 6.04 Å². The van der Waals surface area contributed by atoms with Crippen LogP contribution in [0, 0.1) is 0 Å². The molecule has 0 spiro atoms. The lowest BCUT2D eigenvalue weighted by Gasteiger charge is -2.11. The highest BCUT2D eigenvalue weighted by molar-refractivity contribution is 5.32. The van der Waals surface area contributed by atoms with Gasteiger partial charge in [-0.15, -0.1) is 10.2 Å². The predicted octanol–water partition coefficient (Wildman–Crippen LogP) is 1.69. The monoisotopic (exact) mass is 214 g/mol. The third kappa shape index (κ3) is 1.61. The SMILES string of the molecule is c1ccc(-n2cnnc2[C@H]2CCCN2)cc1. The Bertz CT molecular complexity index is 457. The number of rotatable bonds is 2. The highest BCUT2D eigenvalue weighted by Gasteiger charge is 2.21. The van der Waals surface area contributed by atoms with Gasteiger partial charge in [-0.05, 0) is 31.5 Å². The zero-order chi connectivity index (χ0) is 10.8. The number of hydrogen-bond donors (Lipinski definition) is 1. The number of aromatic nitrogens is 3. The van der Waals surface area contributed by atoms with E-state index in [-0.39, 0.29) is 0 Å². The fourth-order valence-corrected chi connectivity index (χ4v) is 2.17. The first kappa shape index (κ1) is 9.54. The molecule has 0 amide bonds.